The number of fused-ring (bicyclic) bond motifs is 1. The van der Waals surface area contributed by atoms with Crippen LogP contribution < -0.4 is 5.43 Å². The number of hydrogen-bond acceptors (Lipinski definition) is 4. The molecular weight excluding hydrogens is 290 g/mol. The third-order valence-corrected chi connectivity index (χ3v) is 3.91. The summed E-state index contributed by atoms with van der Waals surface area (Å²) in [6, 6.07) is 9.97. The number of anilines is 1. The Hall–Kier alpha value is -2.56. The molecule has 0 spiro atoms. The summed E-state index contributed by atoms with van der Waals surface area (Å²) < 4.78 is 5.06. The number of esters is 1. The minimum Gasteiger partial charge on any atom is -0.461 e. The van der Waals surface area contributed by atoms with Gasteiger partial charge in [-0.15, -0.1) is 0 Å². The predicted octanol–water partition coefficient (Wildman–Crippen LogP) is 3.65. The van der Waals surface area contributed by atoms with Crippen molar-refractivity contribution in [1.82, 2.24) is 4.98 Å². The molecule has 0 fully saturated rings. The van der Waals surface area contributed by atoms with Crippen LogP contribution in [0.1, 0.15) is 47.1 Å². The fourth-order valence-corrected chi connectivity index (χ4v) is 2.71. The molecule has 23 heavy (non-hydrogen) atoms. The van der Waals surface area contributed by atoms with Gasteiger partial charge < -0.3 is 9.72 Å². The van der Waals surface area contributed by atoms with Crippen molar-refractivity contribution < 1.29 is 9.53 Å². The number of carbonyl (C=O) groups excluding carboxylic acids is 1. The molecular formula is C18H21N3O2. The van der Waals surface area contributed by atoms with Gasteiger partial charge >= 0.3 is 5.97 Å². The number of H-pyrrole nitrogens is 1. The van der Waals surface area contributed by atoms with E-state index < -0.39 is 0 Å². The maximum Gasteiger partial charge on any atom is 0.354 e. The number of rotatable bonds is 4. The van der Waals surface area contributed by atoms with Gasteiger partial charge in [0.05, 0.1) is 23.7 Å². The van der Waals surface area contributed by atoms with Crippen LogP contribution in [-0.4, -0.2) is 23.3 Å². The zero-order valence-corrected chi connectivity index (χ0v) is 13.5. The van der Waals surface area contributed by atoms with E-state index in [4.69, 9.17) is 4.74 Å². The number of aromatic amines is 1. The number of benzene rings is 1. The molecule has 5 nitrogen and oxygen atoms in total. The first-order valence-electron chi connectivity index (χ1n) is 7.96. The van der Waals surface area contributed by atoms with Crippen LogP contribution in [0.25, 0.3) is 0 Å². The summed E-state index contributed by atoms with van der Waals surface area (Å²) in [5, 5.41) is 4.53. The molecule has 0 radical (unpaired) electrons. The van der Waals surface area contributed by atoms with Crippen molar-refractivity contribution in [2.75, 3.05) is 12.0 Å². The van der Waals surface area contributed by atoms with Crippen LogP contribution >= 0.6 is 0 Å². The number of hydrazone groups is 1. The number of hydrogen-bond donors (Lipinski definition) is 2. The second-order valence-electron chi connectivity index (χ2n) is 5.69. The average molecular weight is 311 g/mol. The summed E-state index contributed by atoms with van der Waals surface area (Å²) in [5.74, 6) is -0.312. The Morgan fingerprint density at radius 3 is 2.83 bits per heavy atom. The molecule has 120 valence electrons. The summed E-state index contributed by atoms with van der Waals surface area (Å²) in [5.41, 5.74) is 8.78. The van der Waals surface area contributed by atoms with Gasteiger partial charge in [0.25, 0.3) is 0 Å². The van der Waals surface area contributed by atoms with Crippen molar-refractivity contribution in [3.05, 3.63) is 52.8 Å². The van der Waals surface area contributed by atoms with Crippen molar-refractivity contribution in [2.45, 2.75) is 33.1 Å². The first-order chi connectivity index (χ1) is 11.2. The van der Waals surface area contributed by atoms with E-state index in [-0.39, 0.29) is 5.97 Å². The minimum absolute atomic E-state index is 0.312. The van der Waals surface area contributed by atoms with E-state index in [9.17, 15) is 4.79 Å². The van der Waals surface area contributed by atoms with Gasteiger partial charge in [-0.1, -0.05) is 17.7 Å². The fraction of sp³-hybridized carbons (Fsp3) is 0.333. The van der Waals surface area contributed by atoms with Gasteiger partial charge in [-0.3, -0.25) is 5.43 Å². The van der Waals surface area contributed by atoms with E-state index in [1.807, 2.05) is 30.3 Å². The molecule has 0 atom stereocenters. The number of carbonyl (C=O) groups is 1. The molecule has 3 rings (SSSR count). The Kier molecular flexibility index (Phi) is 4.46. The van der Waals surface area contributed by atoms with E-state index in [1.165, 1.54) is 5.56 Å². The third kappa shape index (κ3) is 3.44. The molecule has 0 saturated heterocycles. The van der Waals surface area contributed by atoms with Crippen molar-refractivity contribution >= 4 is 17.4 Å². The molecule has 0 saturated carbocycles. The van der Waals surface area contributed by atoms with Crippen LogP contribution in [0.15, 0.2) is 35.4 Å². The fourth-order valence-electron chi connectivity index (χ4n) is 2.71. The second-order valence-corrected chi connectivity index (χ2v) is 5.69. The van der Waals surface area contributed by atoms with Crippen LogP contribution in [0, 0.1) is 6.92 Å². The molecule has 5 heteroatoms. The normalized spacial score (nSPS) is 15.3. The summed E-state index contributed by atoms with van der Waals surface area (Å²) in [4.78, 5) is 15.0. The standard InChI is InChI=1S/C18H21N3O2/c1-3-23-18(22)16-11-13-5-4-6-15(17(13)19-16)21-20-14-9-7-12(2)8-10-14/h7-11,19-20H,3-6H2,1-2H3/b21-15+. The number of aryl methyl sites for hydroxylation is 2. The Morgan fingerprint density at radius 1 is 1.30 bits per heavy atom. The van der Waals surface area contributed by atoms with E-state index in [2.05, 4.69) is 22.4 Å². The monoisotopic (exact) mass is 311 g/mol. The summed E-state index contributed by atoms with van der Waals surface area (Å²) >= 11 is 0. The molecule has 1 aromatic heterocycles. The van der Waals surface area contributed by atoms with Gasteiger partial charge in [0, 0.05) is 0 Å². The van der Waals surface area contributed by atoms with Crippen LogP contribution in [0.4, 0.5) is 5.69 Å². The lowest BCUT2D eigenvalue weighted by atomic mass is 9.96. The third-order valence-electron chi connectivity index (χ3n) is 3.91. The molecule has 1 heterocycles. The van der Waals surface area contributed by atoms with Gasteiger partial charge in [-0.2, -0.15) is 5.10 Å². The highest BCUT2D eigenvalue weighted by atomic mass is 16.5. The van der Waals surface area contributed by atoms with Crippen molar-refractivity contribution in [3.8, 4) is 0 Å². The van der Waals surface area contributed by atoms with Crippen molar-refractivity contribution in [3.63, 3.8) is 0 Å². The van der Waals surface area contributed by atoms with E-state index in [0.29, 0.717) is 12.3 Å². The minimum atomic E-state index is -0.312. The number of aromatic nitrogens is 1. The summed E-state index contributed by atoms with van der Waals surface area (Å²) in [6.45, 7) is 4.23. The maximum atomic E-state index is 11.9. The maximum absolute atomic E-state index is 11.9. The smallest absolute Gasteiger partial charge is 0.354 e. The van der Waals surface area contributed by atoms with Crippen LogP contribution in [-0.2, 0) is 11.2 Å². The first-order valence-corrected chi connectivity index (χ1v) is 7.96. The van der Waals surface area contributed by atoms with Crippen LogP contribution in [0.3, 0.4) is 0 Å². The largest absolute Gasteiger partial charge is 0.461 e. The Bertz CT molecular complexity index is 729. The van der Waals surface area contributed by atoms with E-state index >= 15 is 0 Å². The Morgan fingerprint density at radius 2 is 2.09 bits per heavy atom. The highest BCUT2D eigenvalue weighted by molar-refractivity contribution is 6.03. The molecule has 0 unspecified atom stereocenters. The Labute approximate surface area is 135 Å². The van der Waals surface area contributed by atoms with Gasteiger partial charge in [0.2, 0.25) is 0 Å². The topological polar surface area (TPSA) is 66.5 Å². The highest BCUT2D eigenvalue weighted by Crippen LogP contribution is 2.23. The molecule has 1 aliphatic rings. The molecule has 0 aliphatic heterocycles. The zero-order chi connectivity index (χ0) is 16.2. The zero-order valence-electron chi connectivity index (χ0n) is 13.5. The average Bonchev–Trinajstić information content (AvgIpc) is 2.99. The number of nitrogens with one attached hydrogen (secondary N) is 2. The SMILES string of the molecule is CCOC(=O)c1cc2c([nH]1)/C(=N/Nc1ccc(C)cc1)CCC2. The molecule has 0 amide bonds. The number of nitrogens with zero attached hydrogens (tertiary/aromatic N) is 1. The highest BCUT2D eigenvalue weighted by Gasteiger charge is 2.21. The molecule has 1 aromatic carbocycles. The first kappa shape index (κ1) is 15.3. The van der Waals surface area contributed by atoms with Crippen molar-refractivity contribution in [1.29, 1.82) is 0 Å². The number of ether oxygens (including phenoxy) is 1. The van der Waals surface area contributed by atoms with Crippen molar-refractivity contribution in [2.24, 2.45) is 5.10 Å². The lowest BCUT2D eigenvalue weighted by Crippen LogP contribution is -2.13. The molecule has 0 bridgehead atoms. The van der Waals surface area contributed by atoms with E-state index in [0.717, 1.165) is 41.9 Å². The lowest BCUT2D eigenvalue weighted by Gasteiger charge is -2.14. The molecule has 2 aromatic rings. The van der Waals surface area contributed by atoms with Crippen LogP contribution in [0.2, 0.25) is 0 Å². The molecule has 1 aliphatic carbocycles. The van der Waals surface area contributed by atoms with Gasteiger partial charge in [0.15, 0.2) is 0 Å². The summed E-state index contributed by atoms with van der Waals surface area (Å²) in [6.07, 6.45) is 2.87. The quantitative estimate of drug-likeness (QED) is 0.669. The van der Waals surface area contributed by atoms with Gasteiger partial charge in [-0.05, 0) is 56.9 Å². The molecule has 2 N–H and O–H groups in total. The van der Waals surface area contributed by atoms with Crippen LogP contribution in [0.5, 0.6) is 0 Å². The van der Waals surface area contributed by atoms with Gasteiger partial charge in [-0.25, -0.2) is 4.79 Å². The van der Waals surface area contributed by atoms with E-state index in [1.54, 1.807) is 6.92 Å². The Balaban J connectivity index is 1.81. The second kappa shape index (κ2) is 6.69. The van der Waals surface area contributed by atoms with Gasteiger partial charge in [0.1, 0.15) is 5.69 Å². The summed E-state index contributed by atoms with van der Waals surface area (Å²) in [7, 11) is 0. The predicted molar refractivity (Wildman–Crippen MR) is 91.0 cm³/mol. The lowest BCUT2D eigenvalue weighted by molar-refractivity contribution is 0.0520.